The second-order valence-corrected chi connectivity index (χ2v) is 8.30. The third kappa shape index (κ3) is 4.19. The zero-order valence-corrected chi connectivity index (χ0v) is 16.0. The molecule has 3 rings (SSSR count). The molecule has 0 spiro atoms. The lowest BCUT2D eigenvalue weighted by molar-refractivity contribution is -0.121. The van der Waals surface area contributed by atoms with Crippen LogP contribution in [0.4, 0.5) is 5.69 Å². The number of nitrogens with zero attached hydrogens (tertiary/aromatic N) is 1. The minimum atomic E-state index is -3.75. The van der Waals surface area contributed by atoms with Gasteiger partial charge in [-0.2, -0.15) is 0 Å². The molecule has 1 fully saturated rings. The number of halogens is 1. The molecule has 0 unspecified atom stereocenters. The lowest BCUT2D eigenvalue weighted by atomic mass is 10.2. The lowest BCUT2D eigenvalue weighted by Crippen LogP contribution is -2.38. The number of aryl methyl sites for hydroxylation is 1. The van der Waals surface area contributed by atoms with Crippen molar-refractivity contribution in [3.8, 4) is 0 Å². The number of imide groups is 1. The standard InChI is InChI=1S/C18H18ClN3O4S/c1-11-2-5-13(8-15(11)19)22-17(23)9-16(18(22)24)21-10-12-3-6-14(7-4-12)27(20,25)26/h2-8,16,21H,9-10H2,1H3,(H2,20,25,26)/t16-/m0/s1. The molecule has 7 nitrogen and oxygen atoms in total. The van der Waals surface area contributed by atoms with Crippen LogP contribution in [0.25, 0.3) is 0 Å². The largest absolute Gasteiger partial charge is 0.301 e. The molecule has 1 saturated heterocycles. The van der Waals surface area contributed by atoms with Gasteiger partial charge in [-0.25, -0.2) is 18.5 Å². The Hall–Kier alpha value is -2.26. The second kappa shape index (κ2) is 7.40. The highest BCUT2D eigenvalue weighted by molar-refractivity contribution is 7.89. The minimum Gasteiger partial charge on any atom is -0.301 e. The highest BCUT2D eigenvalue weighted by atomic mass is 35.5. The number of nitrogens with one attached hydrogen (secondary N) is 1. The molecule has 27 heavy (non-hydrogen) atoms. The fraction of sp³-hybridized carbons (Fsp3) is 0.222. The molecule has 142 valence electrons. The van der Waals surface area contributed by atoms with E-state index >= 15 is 0 Å². The number of anilines is 1. The Morgan fingerprint density at radius 1 is 1.19 bits per heavy atom. The zero-order chi connectivity index (χ0) is 19.8. The molecule has 1 atom stereocenters. The molecule has 0 aromatic heterocycles. The first-order valence-corrected chi connectivity index (χ1v) is 10.1. The number of carbonyl (C=O) groups excluding carboxylic acids is 2. The van der Waals surface area contributed by atoms with Gasteiger partial charge in [0.2, 0.25) is 15.9 Å². The van der Waals surface area contributed by atoms with Crippen molar-refractivity contribution in [2.24, 2.45) is 5.14 Å². The molecule has 1 aliphatic rings. The summed E-state index contributed by atoms with van der Waals surface area (Å²) in [5.41, 5.74) is 2.07. The van der Waals surface area contributed by atoms with Crippen LogP contribution in [0.5, 0.6) is 0 Å². The SMILES string of the molecule is Cc1ccc(N2C(=O)C[C@H](NCc3ccc(S(N)(=O)=O)cc3)C2=O)cc1Cl. The first-order valence-electron chi connectivity index (χ1n) is 8.15. The number of hydrogen-bond donors (Lipinski definition) is 2. The summed E-state index contributed by atoms with van der Waals surface area (Å²) < 4.78 is 22.5. The van der Waals surface area contributed by atoms with E-state index in [0.29, 0.717) is 17.3 Å². The number of amides is 2. The third-order valence-corrected chi connectivity index (χ3v) is 5.70. The molecule has 1 aliphatic heterocycles. The first kappa shape index (κ1) is 19.5. The molecule has 2 aromatic rings. The van der Waals surface area contributed by atoms with E-state index in [1.807, 2.05) is 6.92 Å². The number of sulfonamides is 1. The van der Waals surface area contributed by atoms with Gasteiger partial charge in [-0.1, -0.05) is 29.8 Å². The lowest BCUT2D eigenvalue weighted by Gasteiger charge is -2.16. The summed E-state index contributed by atoms with van der Waals surface area (Å²) in [7, 11) is -3.75. The van der Waals surface area contributed by atoms with Crippen molar-refractivity contribution in [2.45, 2.75) is 30.8 Å². The van der Waals surface area contributed by atoms with E-state index in [-0.39, 0.29) is 23.1 Å². The number of hydrogen-bond acceptors (Lipinski definition) is 5. The highest BCUT2D eigenvalue weighted by Crippen LogP contribution is 2.27. The zero-order valence-electron chi connectivity index (χ0n) is 14.5. The fourth-order valence-corrected chi connectivity index (χ4v) is 3.51. The van der Waals surface area contributed by atoms with Crippen molar-refractivity contribution in [3.05, 3.63) is 58.6 Å². The van der Waals surface area contributed by atoms with E-state index in [2.05, 4.69) is 5.32 Å². The number of carbonyl (C=O) groups is 2. The highest BCUT2D eigenvalue weighted by Gasteiger charge is 2.39. The monoisotopic (exact) mass is 407 g/mol. The van der Waals surface area contributed by atoms with Crippen molar-refractivity contribution in [3.63, 3.8) is 0 Å². The summed E-state index contributed by atoms with van der Waals surface area (Å²) in [6, 6.07) is 10.4. The predicted molar refractivity (Wildman–Crippen MR) is 102 cm³/mol. The van der Waals surface area contributed by atoms with E-state index < -0.39 is 16.1 Å². The van der Waals surface area contributed by atoms with E-state index in [9.17, 15) is 18.0 Å². The van der Waals surface area contributed by atoms with E-state index in [1.165, 1.54) is 12.1 Å². The molecule has 3 N–H and O–H groups in total. The maximum Gasteiger partial charge on any atom is 0.251 e. The molecule has 2 aromatic carbocycles. The summed E-state index contributed by atoms with van der Waals surface area (Å²) in [6.07, 6.45) is 0.0413. The fourth-order valence-electron chi connectivity index (χ4n) is 2.82. The molecule has 0 bridgehead atoms. The number of primary sulfonamides is 1. The number of rotatable bonds is 5. The van der Waals surface area contributed by atoms with Crippen LogP contribution in [-0.2, 0) is 26.2 Å². The van der Waals surface area contributed by atoms with Crippen LogP contribution in [0, 0.1) is 6.92 Å². The van der Waals surface area contributed by atoms with Gasteiger partial charge in [0, 0.05) is 11.6 Å². The van der Waals surface area contributed by atoms with Gasteiger partial charge >= 0.3 is 0 Å². The topological polar surface area (TPSA) is 110 Å². The van der Waals surface area contributed by atoms with Crippen LogP contribution in [0.1, 0.15) is 17.5 Å². The van der Waals surface area contributed by atoms with Crippen LogP contribution < -0.4 is 15.4 Å². The Kier molecular flexibility index (Phi) is 5.34. The number of benzene rings is 2. The molecular weight excluding hydrogens is 390 g/mol. The van der Waals surface area contributed by atoms with Gasteiger partial charge in [-0.15, -0.1) is 0 Å². The van der Waals surface area contributed by atoms with Crippen LogP contribution in [0.3, 0.4) is 0 Å². The Balaban J connectivity index is 1.69. The average Bonchev–Trinajstić information content (AvgIpc) is 2.89. The molecule has 9 heteroatoms. The Morgan fingerprint density at radius 3 is 2.44 bits per heavy atom. The molecular formula is C18H18ClN3O4S. The molecule has 0 aliphatic carbocycles. The van der Waals surface area contributed by atoms with Gasteiger partial charge in [-0.3, -0.25) is 9.59 Å². The summed E-state index contributed by atoms with van der Waals surface area (Å²) in [5.74, 6) is -0.650. The van der Waals surface area contributed by atoms with Crippen LogP contribution in [-0.4, -0.2) is 26.3 Å². The molecule has 1 heterocycles. The van der Waals surface area contributed by atoms with Gasteiger partial charge < -0.3 is 5.32 Å². The predicted octanol–water partition coefficient (Wildman–Crippen LogP) is 1.72. The summed E-state index contributed by atoms with van der Waals surface area (Å²) in [4.78, 5) is 26.1. The van der Waals surface area contributed by atoms with Crippen molar-refractivity contribution in [1.29, 1.82) is 0 Å². The third-order valence-electron chi connectivity index (χ3n) is 4.36. The van der Waals surface area contributed by atoms with Gasteiger partial charge in [0.05, 0.1) is 23.0 Å². The van der Waals surface area contributed by atoms with E-state index in [4.69, 9.17) is 16.7 Å². The van der Waals surface area contributed by atoms with Crippen molar-refractivity contribution in [2.75, 3.05) is 4.90 Å². The first-order chi connectivity index (χ1) is 12.7. The maximum atomic E-state index is 12.6. The normalized spacial score (nSPS) is 17.6. The minimum absolute atomic E-state index is 0.0146. The smallest absolute Gasteiger partial charge is 0.251 e. The number of nitrogens with two attached hydrogens (primary N) is 1. The Bertz CT molecular complexity index is 1010. The Labute approximate surface area is 162 Å². The quantitative estimate of drug-likeness (QED) is 0.733. The van der Waals surface area contributed by atoms with Gasteiger partial charge in [-0.05, 0) is 42.3 Å². The summed E-state index contributed by atoms with van der Waals surface area (Å²) in [5, 5.41) is 8.59. The van der Waals surface area contributed by atoms with Crippen molar-refractivity contribution < 1.29 is 18.0 Å². The van der Waals surface area contributed by atoms with E-state index in [1.54, 1.807) is 30.3 Å². The van der Waals surface area contributed by atoms with Gasteiger partial charge in [0.1, 0.15) is 0 Å². The summed E-state index contributed by atoms with van der Waals surface area (Å²) in [6.45, 7) is 2.14. The molecule has 2 amide bonds. The van der Waals surface area contributed by atoms with Crippen LogP contribution in [0.15, 0.2) is 47.4 Å². The molecule has 0 radical (unpaired) electrons. The molecule has 0 saturated carbocycles. The maximum absolute atomic E-state index is 12.6. The summed E-state index contributed by atoms with van der Waals surface area (Å²) >= 11 is 6.09. The van der Waals surface area contributed by atoms with Gasteiger partial charge in [0.15, 0.2) is 0 Å². The second-order valence-electron chi connectivity index (χ2n) is 6.33. The Morgan fingerprint density at radius 2 is 1.85 bits per heavy atom. The van der Waals surface area contributed by atoms with Crippen molar-refractivity contribution in [1.82, 2.24) is 5.32 Å². The van der Waals surface area contributed by atoms with Crippen LogP contribution in [0.2, 0.25) is 5.02 Å². The van der Waals surface area contributed by atoms with E-state index in [0.717, 1.165) is 16.0 Å². The van der Waals surface area contributed by atoms with Crippen molar-refractivity contribution >= 4 is 39.1 Å². The average molecular weight is 408 g/mol. The van der Waals surface area contributed by atoms with Crippen LogP contribution >= 0.6 is 11.6 Å². The van der Waals surface area contributed by atoms with Gasteiger partial charge in [0.25, 0.3) is 5.91 Å².